The molecule has 0 aliphatic heterocycles. The van der Waals surface area contributed by atoms with Crippen molar-refractivity contribution in [3.63, 3.8) is 0 Å². The van der Waals surface area contributed by atoms with Crippen LogP contribution >= 0.6 is 11.3 Å². The Hall–Kier alpha value is -2.42. The van der Waals surface area contributed by atoms with Gasteiger partial charge in [-0.2, -0.15) is 0 Å². The highest BCUT2D eigenvalue weighted by Gasteiger charge is 2.24. The Kier molecular flexibility index (Phi) is 9.29. The van der Waals surface area contributed by atoms with Gasteiger partial charge in [0.15, 0.2) is 6.61 Å². The predicted octanol–water partition coefficient (Wildman–Crippen LogP) is 2.97. The Morgan fingerprint density at radius 1 is 1.07 bits per heavy atom. The van der Waals surface area contributed by atoms with Gasteiger partial charge in [-0.05, 0) is 38.7 Å². The molecule has 1 aromatic heterocycles. The van der Waals surface area contributed by atoms with Gasteiger partial charge >= 0.3 is 11.9 Å². The summed E-state index contributed by atoms with van der Waals surface area (Å²) in [6, 6.07) is 0. The van der Waals surface area contributed by atoms with Gasteiger partial charge in [0.1, 0.15) is 11.5 Å². The Labute approximate surface area is 180 Å². The fraction of sp³-hybridized carbons (Fsp3) is 0.619. The van der Waals surface area contributed by atoms with Gasteiger partial charge in [-0.25, -0.2) is 4.79 Å². The number of carbonyl (C=O) groups is 4. The standard InChI is InChI=1S/C21H30N2O6S/c1-4-15-13(3)18(21(27)28-5-2)20(30-15)23-16(24)12-29-17(25)11-22-19(26)14-9-7-6-8-10-14/h14H,4-12H2,1-3H3,(H,22,26)(H,23,24). The van der Waals surface area contributed by atoms with E-state index in [1.165, 1.54) is 11.3 Å². The molecule has 1 aliphatic carbocycles. The van der Waals surface area contributed by atoms with Crippen LogP contribution in [0.5, 0.6) is 0 Å². The van der Waals surface area contributed by atoms with Crippen LogP contribution in [-0.4, -0.2) is 43.5 Å². The van der Waals surface area contributed by atoms with Crippen molar-refractivity contribution in [3.8, 4) is 0 Å². The second-order valence-electron chi connectivity index (χ2n) is 7.19. The first-order valence-electron chi connectivity index (χ1n) is 10.4. The minimum atomic E-state index is -0.684. The van der Waals surface area contributed by atoms with Gasteiger partial charge in [-0.3, -0.25) is 14.4 Å². The summed E-state index contributed by atoms with van der Waals surface area (Å²) >= 11 is 1.30. The molecule has 0 saturated heterocycles. The van der Waals surface area contributed by atoms with Crippen LogP contribution in [0, 0.1) is 12.8 Å². The van der Waals surface area contributed by atoms with E-state index in [1.54, 1.807) is 6.92 Å². The molecule has 166 valence electrons. The van der Waals surface area contributed by atoms with Gasteiger partial charge in [-0.1, -0.05) is 26.2 Å². The molecule has 2 amide bonds. The summed E-state index contributed by atoms with van der Waals surface area (Å²) in [6.07, 6.45) is 5.59. The number of amides is 2. The summed E-state index contributed by atoms with van der Waals surface area (Å²) < 4.78 is 10.0. The SMILES string of the molecule is CCOC(=O)c1c(NC(=O)COC(=O)CNC(=O)C2CCCCC2)sc(CC)c1C. The van der Waals surface area contributed by atoms with E-state index >= 15 is 0 Å². The van der Waals surface area contributed by atoms with Crippen LogP contribution in [0.15, 0.2) is 0 Å². The minimum Gasteiger partial charge on any atom is -0.462 e. The third-order valence-corrected chi connectivity index (χ3v) is 6.40. The summed E-state index contributed by atoms with van der Waals surface area (Å²) in [5, 5.41) is 5.59. The van der Waals surface area contributed by atoms with Crippen LogP contribution in [0.2, 0.25) is 0 Å². The third kappa shape index (κ3) is 6.55. The number of thiophene rings is 1. The number of rotatable bonds is 9. The number of hydrogen-bond donors (Lipinski definition) is 2. The number of nitrogens with one attached hydrogen (secondary N) is 2. The fourth-order valence-electron chi connectivity index (χ4n) is 3.46. The zero-order chi connectivity index (χ0) is 22.1. The molecule has 0 spiro atoms. The lowest BCUT2D eigenvalue weighted by atomic mass is 9.89. The molecule has 1 heterocycles. The molecule has 0 unspecified atom stereocenters. The Morgan fingerprint density at radius 2 is 1.77 bits per heavy atom. The molecule has 0 bridgehead atoms. The lowest BCUT2D eigenvalue weighted by Gasteiger charge is -2.20. The van der Waals surface area contributed by atoms with Gasteiger partial charge in [0.05, 0.1) is 12.2 Å². The van der Waals surface area contributed by atoms with Gasteiger partial charge in [0.25, 0.3) is 5.91 Å². The number of esters is 2. The number of aryl methyl sites for hydroxylation is 1. The van der Waals surface area contributed by atoms with Crippen molar-refractivity contribution in [2.24, 2.45) is 5.92 Å². The molecule has 1 aliphatic rings. The van der Waals surface area contributed by atoms with Crippen molar-refractivity contribution in [1.29, 1.82) is 0 Å². The zero-order valence-corrected chi connectivity index (χ0v) is 18.6. The molecule has 2 rings (SSSR count). The number of anilines is 1. The van der Waals surface area contributed by atoms with Crippen molar-refractivity contribution < 1.29 is 28.7 Å². The van der Waals surface area contributed by atoms with Crippen molar-refractivity contribution in [2.75, 3.05) is 25.1 Å². The maximum atomic E-state index is 12.3. The molecular formula is C21H30N2O6S. The predicted molar refractivity (Wildman–Crippen MR) is 114 cm³/mol. The first-order chi connectivity index (χ1) is 14.4. The van der Waals surface area contributed by atoms with Crippen LogP contribution < -0.4 is 10.6 Å². The van der Waals surface area contributed by atoms with Crippen molar-refractivity contribution >= 4 is 40.1 Å². The van der Waals surface area contributed by atoms with E-state index in [0.717, 1.165) is 42.5 Å². The van der Waals surface area contributed by atoms with Crippen LogP contribution in [0.4, 0.5) is 5.00 Å². The highest BCUT2D eigenvalue weighted by Crippen LogP contribution is 2.34. The fourth-order valence-corrected chi connectivity index (χ4v) is 4.61. The lowest BCUT2D eigenvalue weighted by molar-refractivity contribution is -0.147. The average molecular weight is 439 g/mol. The van der Waals surface area contributed by atoms with E-state index < -0.39 is 24.5 Å². The quantitative estimate of drug-likeness (QED) is 0.574. The summed E-state index contributed by atoms with van der Waals surface area (Å²) in [7, 11) is 0. The first-order valence-corrected chi connectivity index (χ1v) is 11.2. The third-order valence-electron chi connectivity index (χ3n) is 5.05. The molecule has 0 radical (unpaired) electrons. The van der Waals surface area contributed by atoms with Crippen molar-refractivity contribution in [3.05, 3.63) is 16.0 Å². The molecule has 1 fully saturated rings. The van der Waals surface area contributed by atoms with E-state index in [9.17, 15) is 19.2 Å². The Balaban J connectivity index is 1.84. The number of ether oxygens (including phenoxy) is 2. The van der Waals surface area contributed by atoms with Crippen LogP contribution in [0.25, 0.3) is 0 Å². The summed E-state index contributed by atoms with van der Waals surface area (Å²) in [6.45, 7) is 4.95. The second-order valence-corrected chi connectivity index (χ2v) is 8.30. The van der Waals surface area contributed by atoms with Crippen LogP contribution in [-0.2, 0) is 30.3 Å². The topological polar surface area (TPSA) is 111 Å². The number of hydrogen-bond acceptors (Lipinski definition) is 7. The molecule has 2 N–H and O–H groups in total. The Bertz CT molecular complexity index is 783. The van der Waals surface area contributed by atoms with E-state index in [0.29, 0.717) is 17.0 Å². The molecule has 9 heteroatoms. The van der Waals surface area contributed by atoms with Crippen molar-refractivity contribution in [2.45, 2.75) is 59.3 Å². The molecule has 1 saturated carbocycles. The second kappa shape index (κ2) is 11.7. The maximum absolute atomic E-state index is 12.3. The average Bonchev–Trinajstić information content (AvgIpc) is 3.06. The summed E-state index contributed by atoms with van der Waals surface area (Å²) in [5.74, 6) is -1.93. The molecule has 8 nitrogen and oxygen atoms in total. The molecule has 0 aromatic carbocycles. The van der Waals surface area contributed by atoms with Crippen LogP contribution in [0.1, 0.15) is 66.8 Å². The molecule has 1 aromatic rings. The summed E-state index contributed by atoms with van der Waals surface area (Å²) in [5.41, 5.74) is 1.11. The first kappa shape index (κ1) is 23.9. The molecular weight excluding hydrogens is 408 g/mol. The van der Waals surface area contributed by atoms with Gasteiger partial charge in [-0.15, -0.1) is 11.3 Å². The van der Waals surface area contributed by atoms with Gasteiger partial charge in [0.2, 0.25) is 5.91 Å². The Morgan fingerprint density at radius 3 is 2.40 bits per heavy atom. The molecule has 0 atom stereocenters. The normalized spacial score (nSPS) is 14.1. The highest BCUT2D eigenvalue weighted by molar-refractivity contribution is 7.17. The van der Waals surface area contributed by atoms with E-state index in [2.05, 4.69) is 10.6 Å². The summed E-state index contributed by atoms with van der Waals surface area (Å²) in [4.78, 5) is 49.4. The minimum absolute atomic E-state index is 0.0500. The van der Waals surface area contributed by atoms with Crippen LogP contribution in [0.3, 0.4) is 0 Å². The van der Waals surface area contributed by atoms with E-state index in [-0.39, 0.29) is 25.0 Å². The molecule has 30 heavy (non-hydrogen) atoms. The van der Waals surface area contributed by atoms with Crippen molar-refractivity contribution in [1.82, 2.24) is 5.32 Å². The van der Waals surface area contributed by atoms with Gasteiger partial charge in [0, 0.05) is 10.8 Å². The lowest BCUT2D eigenvalue weighted by Crippen LogP contribution is -2.36. The smallest absolute Gasteiger partial charge is 0.341 e. The largest absolute Gasteiger partial charge is 0.462 e. The highest BCUT2D eigenvalue weighted by atomic mass is 32.1. The zero-order valence-electron chi connectivity index (χ0n) is 17.8. The van der Waals surface area contributed by atoms with Gasteiger partial charge < -0.3 is 20.1 Å². The maximum Gasteiger partial charge on any atom is 0.341 e. The van der Waals surface area contributed by atoms with E-state index in [4.69, 9.17) is 9.47 Å². The monoisotopic (exact) mass is 438 g/mol. The van der Waals surface area contributed by atoms with E-state index in [1.807, 2.05) is 13.8 Å². The number of carbonyl (C=O) groups excluding carboxylic acids is 4.